The van der Waals surface area contributed by atoms with Crippen molar-refractivity contribution in [2.75, 3.05) is 30.3 Å². The van der Waals surface area contributed by atoms with Gasteiger partial charge in [0.25, 0.3) is 0 Å². The number of nitrogens with two attached hydrogens (primary N) is 1. The van der Waals surface area contributed by atoms with Gasteiger partial charge in [0.1, 0.15) is 16.4 Å². The number of alkyl carbamates (subject to hydrolysis) is 1. The molecular formula is C24H27ClN6O2. The van der Waals surface area contributed by atoms with Gasteiger partial charge in [-0.2, -0.15) is 5.10 Å². The van der Waals surface area contributed by atoms with Gasteiger partial charge in [-0.1, -0.05) is 35.9 Å². The summed E-state index contributed by atoms with van der Waals surface area (Å²) in [4.78, 5) is 18.1. The molecule has 2 fully saturated rings. The van der Waals surface area contributed by atoms with Crippen molar-refractivity contribution in [3.8, 4) is 22.3 Å². The topological polar surface area (TPSA) is 98.3 Å². The van der Waals surface area contributed by atoms with Crippen LogP contribution in [-0.2, 0) is 4.74 Å². The van der Waals surface area contributed by atoms with Crippen LogP contribution >= 0.6 is 11.6 Å². The van der Waals surface area contributed by atoms with Gasteiger partial charge in [-0.25, -0.2) is 9.78 Å². The summed E-state index contributed by atoms with van der Waals surface area (Å²) in [7, 11) is 0. The predicted molar refractivity (Wildman–Crippen MR) is 129 cm³/mol. The third-order valence-electron chi connectivity index (χ3n) is 6.54. The number of pyridine rings is 1. The van der Waals surface area contributed by atoms with Crippen LogP contribution in [0.15, 0.2) is 42.9 Å². The fourth-order valence-corrected chi connectivity index (χ4v) is 4.81. The lowest BCUT2D eigenvalue weighted by molar-refractivity contribution is 0.0367. The van der Waals surface area contributed by atoms with Crippen LogP contribution in [0.2, 0.25) is 5.02 Å². The molecule has 0 saturated carbocycles. The SMILES string of the molecule is CC(C)n1cc(-c2ccc(-c3cnc(N)c(Cl)c3N3CCC4(CC3)CNC(=O)O4)cc2)cn1. The van der Waals surface area contributed by atoms with E-state index in [0.29, 0.717) is 36.5 Å². The molecule has 3 aromatic rings. The summed E-state index contributed by atoms with van der Waals surface area (Å²) in [6.45, 7) is 6.17. The molecule has 0 atom stereocenters. The lowest BCUT2D eigenvalue weighted by atomic mass is 9.90. The Hall–Kier alpha value is -3.26. The van der Waals surface area contributed by atoms with E-state index in [0.717, 1.165) is 40.8 Å². The minimum Gasteiger partial charge on any atom is -0.441 e. The van der Waals surface area contributed by atoms with E-state index in [2.05, 4.69) is 64.6 Å². The summed E-state index contributed by atoms with van der Waals surface area (Å²) < 4.78 is 7.51. The molecule has 4 heterocycles. The molecule has 2 aliphatic rings. The van der Waals surface area contributed by atoms with E-state index in [4.69, 9.17) is 22.1 Å². The number of piperidine rings is 1. The minimum absolute atomic E-state index is 0.308. The van der Waals surface area contributed by atoms with Gasteiger partial charge in [0.2, 0.25) is 0 Å². The predicted octanol–water partition coefficient (Wildman–Crippen LogP) is 4.51. The van der Waals surface area contributed by atoms with Crippen LogP contribution in [0.5, 0.6) is 0 Å². The zero-order chi connectivity index (χ0) is 23.2. The number of hydrogen-bond donors (Lipinski definition) is 2. The Balaban J connectivity index is 1.43. The van der Waals surface area contributed by atoms with E-state index < -0.39 is 5.60 Å². The van der Waals surface area contributed by atoms with Crippen LogP contribution in [0.1, 0.15) is 32.7 Å². The van der Waals surface area contributed by atoms with E-state index in [1.807, 2.05) is 10.9 Å². The third kappa shape index (κ3) is 3.99. The van der Waals surface area contributed by atoms with Crippen molar-refractivity contribution in [3.05, 3.63) is 47.9 Å². The Kier molecular flexibility index (Phi) is 5.40. The zero-order valence-electron chi connectivity index (χ0n) is 18.7. The number of nitrogen functional groups attached to an aromatic ring is 1. The first-order chi connectivity index (χ1) is 15.8. The van der Waals surface area contributed by atoms with Crippen LogP contribution in [0.4, 0.5) is 16.3 Å². The van der Waals surface area contributed by atoms with Crippen molar-refractivity contribution in [2.24, 2.45) is 0 Å². The maximum Gasteiger partial charge on any atom is 0.407 e. The number of aromatic nitrogens is 3. The van der Waals surface area contributed by atoms with E-state index in [9.17, 15) is 4.79 Å². The van der Waals surface area contributed by atoms with Crippen molar-refractivity contribution in [2.45, 2.75) is 38.3 Å². The maximum absolute atomic E-state index is 11.6. The van der Waals surface area contributed by atoms with E-state index in [-0.39, 0.29) is 6.09 Å². The van der Waals surface area contributed by atoms with Crippen LogP contribution in [0, 0.1) is 0 Å². The quantitative estimate of drug-likeness (QED) is 0.587. The molecule has 0 unspecified atom stereocenters. The van der Waals surface area contributed by atoms with Crippen LogP contribution < -0.4 is 16.0 Å². The lowest BCUT2D eigenvalue weighted by Crippen LogP contribution is -2.47. The van der Waals surface area contributed by atoms with Gasteiger partial charge < -0.3 is 20.7 Å². The molecule has 172 valence electrons. The largest absolute Gasteiger partial charge is 0.441 e. The van der Waals surface area contributed by atoms with Crippen molar-refractivity contribution < 1.29 is 9.53 Å². The second-order valence-corrected chi connectivity index (χ2v) is 9.39. The van der Waals surface area contributed by atoms with Crippen LogP contribution in [-0.4, -0.2) is 46.1 Å². The average molecular weight is 467 g/mol. The first-order valence-electron chi connectivity index (χ1n) is 11.2. The number of benzene rings is 1. The Morgan fingerprint density at radius 1 is 1.12 bits per heavy atom. The highest BCUT2D eigenvalue weighted by Gasteiger charge is 2.43. The average Bonchev–Trinajstić information content (AvgIpc) is 3.44. The number of hydrogen-bond acceptors (Lipinski definition) is 6. The van der Waals surface area contributed by atoms with Gasteiger partial charge >= 0.3 is 6.09 Å². The third-order valence-corrected chi connectivity index (χ3v) is 6.91. The number of nitrogens with zero attached hydrogens (tertiary/aromatic N) is 4. The molecule has 0 aliphatic carbocycles. The van der Waals surface area contributed by atoms with Gasteiger partial charge in [-0.05, 0) is 25.0 Å². The van der Waals surface area contributed by atoms with Gasteiger partial charge in [-0.15, -0.1) is 0 Å². The smallest absolute Gasteiger partial charge is 0.407 e. The molecule has 1 amide bonds. The fraction of sp³-hybridized carbons (Fsp3) is 0.375. The molecule has 2 aliphatic heterocycles. The molecule has 1 spiro atoms. The van der Waals surface area contributed by atoms with Crippen molar-refractivity contribution >= 4 is 29.2 Å². The van der Waals surface area contributed by atoms with Crippen molar-refractivity contribution in [1.82, 2.24) is 20.1 Å². The molecule has 1 aromatic carbocycles. The first kappa shape index (κ1) is 21.6. The molecule has 0 radical (unpaired) electrons. The molecule has 2 saturated heterocycles. The Morgan fingerprint density at radius 2 is 1.82 bits per heavy atom. The molecule has 2 aromatic heterocycles. The molecule has 33 heavy (non-hydrogen) atoms. The molecule has 8 nitrogen and oxygen atoms in total. The summed E-state index contributed by atoms with van der Waals surface area (Å²) in [6, 6.07) is 8.63. The summed E-state index contributed by atoms with van der Waals surface area (Å²) in [5, 5.41) is 7.67. The highest BCUT2D eigenvalue weighted by molar-refractivity contribution is 6.36. The van der Waals surface area contributed by atoms with Crippen molar-refractivity contribution in [1.29, 1.82) is 0 Å². The number of ether oxygens (including phenoxy) is 1. The second kappa shape index (κ2) is 8.26. The fourth-order valence-electron chi connectivity index (χ4n) is 4.54. The maximum atomic E-state index is 11.6. The number of halogens is 1. The van der Waals surface area contributed by atoms with Gasteiger partial charge in [0.05, 0.1) is 18.4 Å². The minimum atomic E-state index is -0.430. The first-order valence-corrected chi connectivity index (χ1v) is 11.5. The zero-order valence-corrected chi connectivity index (χ0v) is 19.5. The highest BCUT2D eigenvalue weighted by atomic mass is 35.5. The monoisotopic (exact) mass is 466 g/mol. The molecule has 5 rings (SSSR count). The molecular weight excluding hydrogens is 440 g/mol. The standard InChI is InChI=1S/C24H27ClN6O2/c1-15(2)31-13-18(11-29-31)16-3-5-17(6-4-16)19-12-27-22(26)20(25)21(19)30-9-7-24(8-10-30)14-28-23(32)33-24/h3-6,11-13,15H,7-10,14H2,1-2H3,(H2,26,27)(H,28,32). The van der Waals surface area contributed by atoms with Gasteiger partial charge in [-0.3, -0.25) is 4.68 Å². The van der Waals surface area contributed by atoms with E-state index in [1.54, 1.807) is 6.20 Å². The number of carbonyl (C=O) groups excluding carboxylic acids is 1. The number of nitrogens with one attached hydrogen (secondary N) is 1. The number of anilines is 2. The normalized spacial score (nSPS) is 17.5. The van der Waals surface area contributed by atoms with Crippen molar-refractivity contribution in [3.63, 3.8) is 0 Å². The number of carbonyl (C=O) groups is 1. The van der Waals surface area contributed by atoms with Crippen LogP contribution in [0.3, 0.4) is 0 Å². The highest BCUT2D eigenvalue weighted by Crippen LogP contribution is 2.42. The number of amides is 1. The Morgan fingerprint density at radius 3 is 2.42 bits per heavy atom. The summed E-state index contributed by atoms with van der Waals surface area (Å²) >= 11 is 6.68. The molecule has 9 heteroatoms. The second-order valence-electron chi connectivity index (χ2n) is 9.01. The molecule has 3 N–H and O–H groups in total. The van der Waals surface area contributed by atoms with E-state index >= 15 is 0 Å². The summed E-state index contributed by atoms with van der Waals surface area (Å²) in [5.74, 6) is 0.308. The van der Waals surface area contributed by atoms with Gasteiger partial charge in [0, 0.05) is 55.5 Å². The van der Waals surface area contributed by atoms with E-state index in [1.165, 1.54) is 0 Å². The Labute approximate surface area is 197 Å². The van der Waals surface area contributed by atoms with Crippen LogP contribution in [0.25, 0.3) is 22.3 Å². The summed E-state index contributed by atoms with van der Waals surface area (Å²) in [6.07, 6.45) is 6.83. The summed E-state index contributed by atoms with van der Waals surface area (Å²) in [5.41, 5.74) is 10.6. The van der Waals surface area contributed by atoms with Gasteiger partial charge in [0.15, 0.2) is 0 Å². The Bertz CT molecular complexity index is 1180. The lowest BCUT2D eigenvalue weighted by Gasteiger charge is -2.39. The number of rotatable bonds is 4. The molecule has 0 bridgehead atoms.